The van der Waals surface area contributed by atoms with Crippen LogP contribution in [-0.4, -0.2) is 23.9 Å². The number of rotatable bonds is 3. The SMILES string of the molecule is OC(Nc1ccc(OC(F)(F)F)c(C(F)(F)F)c1)C(F)(F)F. The van der Waals surface area contributed by atoms with Crippen LogP contribution in [0.3, 0.4) is 0 Å². The topological polar surface area (TPSA) is 41.5 Å². The Morgan fingerprint density at radius 3 is 1.91 bits per heavy atom. The lowest BCUT2D eigenvalue weighted by Gasteiger charge is -2.20. The molecule has 0 saturated heterocycles. The van der Waals surface area contributed by atoms with E-state index in [-0.39, 0.29) is 12.1 Å². The fraction of sp³-hybridized carbons (Fsp3) is 0.400. The van der Waals surface area contributed by atoms with E-state index >= 15 is 0 Å². The Hall–Kier alpha value is -1.85. The number of benzene rings is 1. The van der Waals surface area contributed by atoms with Gasteiger partial charge in [-0.05, 0) is 18.2 Å². The van der Waals surface area contributed by atoms with E-state index in [9.17, 15) is 39.5 Å². The van der Waals surface area contributed by atoms with Gasteiger partial charge < -0.3 is 15.2 Å². The van der Waals surface area contributed by atoms with Crippen molar-refractivity contribution < 1.29 is 49.4 Å². The average molecular weight is 343 g/mol. The summed E-state index contributed by atoms with van der Waals surface area (Å²) >= 11 is 0. The molecular formula is C10H6F9NO2. The van der Waals surface area contributed by atoms with Gasteiger partial charge in [0.1, 0.15) is 5.75 Å². The summed E-state index contributed by atoms with van der Waals surface area (Å²) in [5.41, 5.74) is -2.85. The van der Waals surface area contributed by atoms with Gasteiger partial charge in [0.2, 0.25) is 6.23 Å². The van der Waals surface area contributed by atoms with Crippen molar-refractivity contribution in [3.8, 4) is 5.75 Å². The molecule has 0 fully saturated rings. The minimum absolute atomic E-state index is 0.0456. The van der Waals surface area contributed by atoms with Gasteiger partial charge in [-0.15, -0.1) is 13.2 Å². The molecule has 1 rings (SSSR count). The van der Waals surface area contributed by atoms with Crippen LogP contribution >= 0.6 is 0 Å². The highest BCUT2D eigenvalue weighted by molar-refractivity contribution is 5.52. The molecule has 0 aromatic heterocycles. The van der Waals surface area contributed by atoms with Crippen LogP contribution in [0.1, 0.15) is 5.56 Å². The summed E-state index contributed by atoms with van der Waals surface area (Å²) in [4.78, 5) is 0. The second kappa shape index (κ2) is 5.74. The highest BCUT2D eigenvalue weighted by Crippen LogP contribution is 2.40. The fourth-order valence-electron chi connectivity index (χ4n) is 1.29. The molecule has 2 N–H and O–H groups in total. The monoisotopic (exact) mass is 343 g/mol. The lowest BCUT2D eigenvalue weighted by Crippen LogP contribution is -2.35. The van der Waals surface area contributed by atoms with Gasteiger partial charge in [0.05, 0.1) is 5.56 Å². The zero-order chi connectivity index (χ0) is 17.3. The van der Waals surface area contributed by atoms with Crippen molar-refractivity contribution in [2.45, 2.75) is 24.9 Å². The first-order valence-corrected chi connectivity index (χ1v) is 5.18. The van der Waals surface area contributed by atoms with E-state index in [0.29, 0.717) is 6.07 Å². The molecule has 0 aliphatic heterocycles. The molecule has 0 radical (unpaired) electrons. The minimum Gasteiger partial charge on any atom is -0.405 e. The highest BCUT2D eigenvalue weighted by Gasteiger charge is 2.41. The standard InChI is InChI=1S/C10H6F9NO2/c11-8(12,13)5-3-4(20-7(21)9(14,15)16)1-2-6(5)22-10(17,18)19/h1-3,7,20-21H. The van der Waals surface area contributed by atoms with Crippen molar-refractivity contribution in [1.82, 2.24) is 0 Å². The quantitative estimate of drug-likeness (QED) is 0.646. The fourth-order valence-corrected chi connectivity index (χ4v) is 1.29. The van der Waals surface area contributed by atoms with Crippen LogP contribution in [0.4, 0.5) is 45.2 Å². The Bertz CT molecular complexity index is 521. The number of anilines is 1. The number of ether oxygens (including phenoxy) is 1. The van der Waals surface area contributed by atoms with Crippen molar-refractivity contribution in [1.29, 1.82) is 0 Å². The summed E-state index contributed by atoms with van der Waals surface area (Å²) in [5.74, 6) is -1.63. The van der Waals surface area contributed by atoms with E-state index in [2.05, 4.69) is 4.74 Å². The summed E-state index contributed by atoms with van der Waals surface area (Å²) in [5, 5.41) is 9.94. The molecule has 0 aliphatic rings. The molecule has 126 valence electrons. The Balaban J connectivity index is 3.16. The maximum absolute atomic E-state index is 12.6. The van der Waals surface area contributed by atoms with Crippen molar-refractivity contribution in [3.05, 3.63) is 23.8 Å². The molecule has 0 aliphatic carbocycles. The van der Waals surface area contributed by atoms with Crippen molar-refractivity contribution in [2.24, 2.45) is 0 Å². The highest BCUT2D eigenvalue weighted by atomic mass is 19.4. The molecule has 12 heteroatoms. The number of hydrogen-bond acceptors (Lipinski definition) is 3. The lowest BCUT2D eigenvalue weighted by atomic mass is 10.1. The van der Waals surface area contributed by atoms with Gasteiger partial charge in [-0.25, -0.2) is 0 Å². The van der Waals surface area contributed by atoms with E-state index in [4.69, 9.17) is 5.11 Å². The van der Waals surface area contributed by atoms with E-state index in [0.717, 1.165) is 0 Å². The first kappa shape index (κ1) is 18.2. The van der Waals surface area contributed by atoms with Gasteiger partial charge in [-0.3, -0.25) is 0 Å². The lowest BCUT2D eigenvalue weighted by molar-refractivity contribution is -0.276. The molecule has 1 aromatic carbocycles. The van der Waals surface area contributed by atoms with E-state index in [1.54, 1.807) is 0 Å². The van der Waals surface area contributed by atoms with Gasteiger partial charge in [-0.1, -0.05) is 0 Å². The normalized spacial score (nSPS) is 14.6. The summed E-state index contributed by atoms with van der Waals surface area (Å²) in [6, 6.07) is 0.600. The first-order chi connectivity index (χ1) is 9.70. The molecule has 0 saturated carbocycles. The number of hydrogen-bond donors (Lipinski definition) is 2. The van der Waals surface area contributed by atoms with Gasteiger partial charge in [-0.2, -0.15) is 26.3 Å². The molecule has 0 heterocycles. The van der Waals surface area contributed by atoms with Crippen molar-refractivity contribution in [2.75, 3.05) is 5.32 Å². The Kier molecular flexibility index (Phi) is 4.75. The molecule has 1 unspecified atom stereocenters. The molecule has 0 bridgehead atoms. The number of aliphatic hydroxyl groups excluding tert-OH is 1. The van der Waals surface area contributed by atoms with Gasteiger partial charge >= 0.3 is 18.7 Å². The Labute approximate surface area is 116 Å². The number of alkyl halides is 9. The Morgan fingerprint density at radius 2 is 1.50 bits per heavy atom. The van der Waals surface area contributed by atoms with E-state index in [1.807, 2.05) is 0 Å². The zero-order valence-corrected chi connectivity index (χ0v) is 10.1. The van der Waals surface area contributed by atoms with Crippen LogP contribution in [0, 0.1) is 0 Å². The number of nitrogens with one attached hydrogen (secondary N) is 1. The zero-order valence-electron chi connectivity index (χ0n) is 10.1. The molecule has 1 atom stereocenters. The van der Waals surface area contributed by atoms with Crippen LogP contribution in [0.5, 0.6) is 5.75 Å². The molecular weight excluding hydrogens is 337 g/mol. The third kappa shape index (κ3) is 5.16. The Morgan fingerprint density at radius 1 is 0.955 bits per heavy atom. The maximum atomic E-state index is 12.6. The predicted molar refractivity (Wildman–Crippen MR) is 53.8 cm³/mol. The summed E-state index contributed by atoms with van der Waals surface area (Å²) < 4.78 is 113. The second-order valence-corrected chi connectivity index (χ2v) is 3.84. The average Bonchev–Trinajstić information content (AvgIpc) is 2.26. The van der Waals surface area contributed by atoms with Gasteiger partial charge in [0.15, 0.2) is 0 Å². The predicted octanol–water partition coefficient (Wildman–Crippen LogP) is 3.90. The van der Waals surface area contributed by atoms with E-state index < -0.39 is 41.9 Å². The largest absolute Gasteiger partial charge is 0.573 e. The van der Waals surface area contributed by atoms with E-state index in [1.165, 1.54) is 5.32 Å². The summed E-state index contributed by atoms with van der Waals surface area (Å²) in [6.07, 6.45) is -19.1. The minimum atomic E-state index is -5.42. The van der Waals surface area contributed by atoms with Crippen LogP contribution in [0.15, 0.2) is 18.2 Å². The molecule has 0 spiro atoms. The van der Waals surface area contributed by atoms with Crippen LogP contribution in [-0.2, 0) is 6.18 Å². The van der Waals surface area contributed by atoms with Gasteiger partial charge in [0, 0.05) is 5.69 Å². The molecule has 22 heavy (non-hydrogen) atoms. The molecule has 0 amide bonds. The van der Waals surface area contributed by atoms with Crippen molar-refractivity contribution >= 4 is 5.69 Å². The molecule has 1 aromatic rings. The summed E-state index contributed by atoms with van der Waals surface area (Å²) in [7, 11) is 0. The first-order valence-electron chi connectivity index (χ1n) is 5.18. The number of halogens is 9. The van der Waals surface area contributed by atoms with Gasteiger partial charge in [0.25, 0.3) is 0 Å². The smallest absolute Gasteiger partial charge is 0.405 e. The van der Waals surface area contributed by atoms with Crippen LogP contribution < -0.4 is 10.1 Å². The third-order valence-corrected chi connectivity index (χ3v) is 2.12. The third-order valence-electron chi connectivity index (χ3n) is 2.12. The second-order valence-electron chi connectivity index (χ2n) is 3.84. The summed E-state index contributed by atoms with van der Waals surface area (Å²) in [6.45, 7) is 0. The number of aliphatic hydroxyl groups is 1. The van der Waals surface area contributed by atoms with Crippen molar-refractivity contribution in [3.63, 3.8) is 0 Å². The maximum Gasteiger partial charge on any atom is 0.573 e. The van der Waals surface area contributed by atoms with Crippen LogP contribution in [0.25, 0.3) is 0 Å². The molecule has 3 nitrogen and oxygen atoms in total. The van der Waals surface area contributed by atoms with Crippen LogP contribution in [0.2, 0.25) is 0 Å².